The van der Waals surface area contributed by atoms with E-state index in [1.165, 1.54) is 0 Å². The fraction of sp³-hybridized carbons (Fsp3) is 0.444. The van der Waals surface area contributed by atoms with Crippen molar-refractivity contribution in [1.82, 2.24) is 15.5 Å². The van der Waals surface area contributed by atoms with Gasteiger partial charge in [-0.15, -0.1) is 0 Å². The fourth-order valence-corrected chi connectivity index (χ4v) is 2.72. The molecule has 1 aromatic carbocycles. The highest BCUT2D eigenvalue weighted by molar-refractivity contribution is 5.93. The van der Waals surface area contributed by atoms with Gasteiger partial charge in [0.25, 0.3) is 0 Å². The van der Waals surface area contributed by atoms with Crippen LogP contribution in [0.3, 0.4) is 0 Å². The van der Waals surface area contributed by atoms with E-state index >= 15 is 0 Å². The van der Waals surface area contributed by atoms with Crippen molar-refractivity contribution in [1.29, 1.82) is 0 Å². The first-order valence-electron chi connectivity index (χ1n) is 8.25. The predicted octanol–water partition coefficient (Wildman–Crippen LogP) is 1.82. The number of benzene rings is 1. The molecule has 1 aromatic rings. The monoisotopic (exact) mass is 347 g/mol. The van der Waals surface area contributed by atoms with Crippen LogP contribution in [-0.4, -0.2) is 50.8 Å². The Labute approximate surface area is 148 Å². The molecule has 1 aliphatic rings. The van der Waals surface area contributed by atoms with E-state index in [9.17, 15) is 9.59 Å². The standard InChI is InChI=1S/C18H25N3O4/c1-5-25-17(22)14-10-19-18(23)20-15(14)11-21(3)12(2)13-8-6-7-9-16(13)24-4/h6-9,12H,5,10-11H2,1-4H3,(H2,19,20,23)/t12-/m0/s1. The largest absolute Gasteiger partial charge is 0.496 e. The van der Waals surface area contributed by atoms with Crippen LogP contribution in [-0.2, 0) is 9.53 Å². The van der Waals surface area contributed by atoms with Crippen LogP contribution in [0.15, 0.2) is 35.5 Å². The van der Waals surface area contributed by atoms with Gasteiger partial charge in [0.2, 0.25) is 0 Å². The van der Waals surface area contributed by atoms with Crippen LogP contribution in [0.1, 0.15) is 25.5 Å². The highest BCUT2D eigenvalue weighted by Crippen LogP contribution is 2.28. The first kappa shape index (κ1) is 18.8. The highest BCUT2D eigenvalue weighted by atomic mass is 16.5. The molecule has 2 rings (SSSR count). The van der Waals surface area contributed by atoms with Gasteiger partial charge in [-0.1, -0.05) is 18.2 Å². The van der Waals surface area contributed by atoms with Crippen LogP contribution in [0.2, 0.25) is 0 Å². The van der Waals surface area contributed by atoms with Gasteiger partial charge >= 0.3 is 12.0 Å². The molecular weight excluding hydrogens is 322 g/mol. The first-order valence-corrected chi connectivity index (χ1v) is 8.25. The number of methoxy groups -OCH3 is 1. The number of urea groups is 1. The number of likely N-dealkylation sites (N-methyl/N-ethyl adjacent to an activating group) is 1. The number of hydrogen-bond donors (Lipinski definition) is 2. The second-order valence-corrected chi connectivity index (χ2v) is 5.82. The van der Waals surface area contributed by atoms with E-state index in [0.29, 0.717) is 17.8 Å². The summed E-state index contributed by atoms with van der Waals surface area (Å²) >= 11 is 0. The molecule has 0 aromatic heterocycles. The zero-order chi connectivity index (χ0) is 18.4. The van der Waals surface area contributed by atoms with Gasteiger partial charge < -0.3 is 20.1 Å². The molecule has 1 atom stereocenters. The van der Waals surface area contributed by atoms with E-state index in [-0.39, 0.29) is 25.2 Å². The quantitative estimate of drug-likeness (QED) is 0.736. The molecule has 25 heavy (non-hydrogen) atoms. The summed E-state index contributed by atoms with van der Waals surface area (Å²) in [5, 5.41) is 5.33. The van der Waals surface area contributed by atoms with Crippen LogP contribution < -0.4 is 15.4 Å². The van der Waals surface area contributed by atoms with Gasteiger partial charge in [0.05, 0.1) is 25.8 Å². The van der Waals surface area contributed by atoms with Gasteiger partial charge in [0.15, 0.2) is 0 Å². The third-order valence-electron chi connectivity index (χ3n) is 4.23. The van der Waals surface area contributed by atoms with E-state index in [4.69, 9.17) is 9.47 Å². The zero-order valence-electron chi connectivity index (χ0n) is 15.1. The average Bonchev–Trinajstić information content (AvgIpc) is 2.61. The summed E-state index contributed by atoms with van der Waals surface area (Å²) in [7, 11) is 3.57. The molecule has 0 bridgehead atoms. The molecule has 136 valence electrons. The normalized spacial score (nSPS) is 15.5. The van der Waals surface area contributed by atoms with Crippen LogP contribution in [0.5, 0.6) is 5.75 Å². The van der Waals surface area contributed by atoms with E-state index in [1.807, 2.05) is 43.1 Å². The lowest BCUT2D eigenvalue weighted by Crippen LogP contribution is -2.46. The van der Waals surface area contributed by atoms with Crippen molar-refractivity contribution in [3.05, 3.63) is 41.1 Å². The number of nitrogens with one attached hydrogen (secondary N) is 2. The van der Waals surface area contributed by atoms with Crippen molar-refractivity contribution in [2.24, 2.45) is 0 Å². The molecule has 0 unspecified atom stereocenters. The lowest BCUT2D eigenvalue weighted by atomic mass is 10.0. The van der Waals surface area contributed by atoms with Crippen molar-refractivity contribution in [3.8, 4) is 5.75 Å². The summed E-state index contributed by atoms with van der Waals surface area (Å²) in [5.74, 6) is 0.388. The molecule has 0 saturated heterocycles. The maximum absolute atomic E-state index is 12.1. The zero-order valence-corrected chi connectivity index (χ0v) is 15.1. The molecule has 7 nitrogen and oxygen atoms in total. The number of nitrogens with zero attached hydrogens (tertiary/aromatic N) is 1. The van der Waals surface area contributed by atoms with Crippen molar-refractivity contribution in [3.63, 3.8) is 0 Å². The smallest absolute Gasteiger partial charge is 0.337 e. The third-order valence-corrected chi connectivity index (χ3v) is 4.23. The van der Waals surface area contributed by atoms with Crippen LogP contribution in [0.4, 0.5) is 4.79 Å². The molecule has 1 aliphatic heterocycles. The van der Waals surface area contributed by atoms with E-state index in [1.54, 1.807) is 14.0 Å². The van der Waals surface area contributed by atoms with Crippen molar-refractivity contribution in [2.75, 3.05) is 33.9 Å². The Hall–Kier alpha value is -2.54. The molecule has 0 fully saturated rings. The van der Waals surface area contributed by atoms with Crippen LogP contribution in [0.25, 0.3) is 0 Å². The Morgan fingerprint density at radius 2 is 2.08 bits per heavy atom. The number of para-hydroxylation sites is 1. The molecule has 1 heterocycles. The number of amides is 2. The van der Waals surface area contributed by atoms with Crippen molar-refractivity contribution >= 4 is 12.0 Å². The fourth-order valence-electron chi connectivity index (χ4n) is 2.72. The number of esters is 1. The van der Waals surface area contributed by atoms with Gasteiger partial charge in [-0.3, -0.25) is 4.90 Å². The topological polar surface area (TPSA) is 79.9 Å². The molecule has 0 saturated carbocycles. The van der Waals surface area contributed by atoms with Gasteiger partial charge in [-0.2, -0.15) is 0 Å². The minimum atomic E-state index is -0.414. The first-order chi connectivity index (χ1) is 12.0. The molecule has 0 radical (unpaired) electrons. The summed E-state index contributed by atoms with van der Waals surface area (Å²) in [6, 6.07) is 7.50. The van der Waals surface area contributed by atoms with E-state index < -0.39 is 5.97 Å². The number of carbonyl (C=O) groups excluding carboxylic acids is 2. The van der Waals surface area contributed by atoms with Gasteiger partial charge in [-0.25, -0.2) is 9.59 Å². The number of rotatable bonds is 7. The maximum atomic E-state index is 12.1. The summed E-state index contributed by atoms with van der Waals surface area (Å²) in [6.45, 7) is 4.66. The lowest BCUT2D eigenvalue weighted by Gasteiger charge is -2.30. The highest BCUT2D eigenvalue weighted by Gasteiger charge is 2.26. The van der Waals surface area contributed by atoms with Crippen LogP contribution in [0, 0.1) is 0 Å². The number of carbonyl (C=O) groups is 2. The van der Waals surface area contributed by atoms with E-state index in [0.717, 1.165) is 11.3 Å². The van der Waals surface area contributed by atoms with Gasteiger partial charge in [0, 0.05) is 23.8 Å². The molecule has 0 spiro atoms. The molecular formula is C18H25N3O4. The summed E-state index contributed by atoms with van der Waals surface area (Å²) in [6.07, 6.45) is 0. The van der Waals surface area contributed by atoms with Gasteiger partial charge in [-0.05, 0) is 27.0 Å². The van der Waals surface area contributed by atoms with E-state index in [2.05, 4.69) is 10.6 Å². The Morgan fingerprint density at radius 3 is 2.76 bits per heavy atom. The second kappa shape index (κ2) is 8.53. The molecule has 7 heteroatoms. The predicted molar refractivity (Wildman–Crippen MR) is 94.2 cm³/mol. The second-order valence-electron chi connectivity index (χ2n) is 5.82. The van der Waals surface area contributed by atoms with Crippen LogP contribution >= 0.6 is 0 Å². The minimum Gasteiger partial charge on any atom is -0.496 e. The lowest BCUT2D eigenvalue weighted by molar-refractivity contribution is -0.138. The maximum Gasteiger partial charge on any atom is 0.337 e. The van der Waals surface area contributed by atoms with Gasteiger partial charge in [0.1, 0.15) is 5.75 Å². The Kier molecular flexibility index (Phi) is 6.41. The number of ether oxygens (including phenoxy) is 2. The number of hydrogen-bond acceptors (Lipinski definition) is 5. The average molecular weight is 347 g/mol. The Morgan fingerprint density at radius 1 is 1.36 bits per heavy atom. The summed E-state index contributed by atoms with van der Waals surface area (Å²) < 4.78 is 10.5. The minimum absolute atomic E-state index is 0.0267. The van der Waals surface area contributed by atoms with Crippen molar-refractivity contribution in [2.45, 2.75) is 19.9 Å². The Bertz CT molecular complexity index is 672. The third kappa shape index (κ3) is 4.51. The molecule has 2 N–H and O–H groups in total. The summed E-state index contributed by atoms with van der Waals surface area (Å²) in [5.41, 5.74) is 2.04. The SMILES string of the molecule is CCOC(=O)C1=C(CN(C)[C@@H](C)c2ccccc2OC)NC(=O)NC1. The molecule has 2 amide bonds. The van der Waals surface area contributed by atoms with Crippen molar-refractivity contribution < 1.29 is 19.1 Å². The summed E-state index contributed by atoms with van der Waals surface area (Å²) in [4.78, 5) is 25.8. The molecule has 0 aliphatic carbocycles. The Balaban J connectivity index is 2.21.